The molecule has 0 N–H and O–H groups in total. The zero-order chi connectivity index (χ0) is 18.4. The van der Waals surface area contributed by atoms with Crippen molar-refractivity contribution in [2.75, 3.05) is 0 Å². The topological polar surface area (TPSA) is 0 Å². The summed E-state index contributed by atoms with van der Waals surface area (Å²) >= 11 is 0. The smallest absolute Gasteiger partial charge is 0.0741 e. The first kappa shape index (κ1) is 25.1. The lowest BCUT2D eigenvalue weighted by Gasteiger charge is -2.14. The van der Waals surface area contributed by atoms with Gasteiger partial charge in [-0.3, -0.25) is 0 Å². The maximum absolute atomic E-state index is 2.32. The van der Waals surface area contributed by atoms with Gasteiger partial charge in [0, 0.05) is 0 Å². The van der Waals surface area contributed by atoms with Crippen LogP contribution in [0.4, 0.5) is 0 Å². The average Bonchev–Trinajstić information content (AvgIpc) is 2.63. The molecule has 0 saturated heterocycles. The van der Waals surface area contributed by atoms with Gasteiger partial charge in [-0.15, -0.1) is 0 Å². The molecule has 0 heterocycles. The highest BCUT2D eigenvalue weighted by molar-refractivity contribution is 6.58. The van der Waals surface area contributed by atoms with E-state index in [1.54, 1.807) is 0 Å². The Morgan fingerprint density at radius 3 is 0.840 bits per heavy atom. The Bertz CT molecular complexity index is 188. The number of hydrogen-bond acceptors (Lipinski definition) is 0. The van der Waals surface area contributed by atoms with E-state index in [1.165, 1.54) is 135 Å². The van der Waals surface area contributed by atoms with Crippen molar-refractivity contribution in [3.63, 3.8) is 0 Å². The van der Waals surface area contributed by atoms with Crippen LogP contribution in [0.1, 0.15) is 136 Å². The molecule has 0 aliphatic rings. The fourth-order valence-electron chi connectivity index (χ4n) is 4.07. The molecule has 0 spiro atoms. The summed E-state index contributed by atoms with van der Waals surface area (Å²) < 4.78 is 0. The average molecular weight is 350 g/mol. The third-order valence-corrected chi connectivity index (χ3v) is 5.90. The first-order valence-corrected chi connectivity index (χ1v) is 12.3. The van der Waals surface area contributed by atoms with Gasteiger partial charge in [0.1, 0.15) is 6.71 Å². The molecule has 0 saturated carbocycles. The van der Waals surface area contributed by atoms with E-state index < -0.39 is 0 Å². The minimum atomic E-state index is 1.04. The first-order valence-electron chi connectivity index (χ1n) is 12.3. The van der Waals surface area contributed by atoms with Crippen molar-refractivity contribution in [3.8, 4) is 0 Å². The molecular weight excluding hydrogens is 299 g/mol. The van der Waals surface area contributed by atoms with Gasteiger partial charge < -0.3 is 0 Å². The Hall–Kier alpha value is 0.0649. The molecule has 1 heteroatoms. The SMILES string of the molecule is CCCCCCCCB(CCCCCCCC)CCCCCCCC. The van der Waals surface area contributed by atoms with E-state index in [2.05, 4.69) is 20.8 Å². The minimum absolute atomic E-state index is 1.04. The number of rotatable bonds is 21. The fraction of sp³-hybridized carbons (Fsp3) is 1.00. The third-order valence-electron chi connectivity index (χ3n) is 5.90. The zero-order valence-corrected chi connectivity index (χ0v) is 18.4. The molecule has 0 amide bonds. The van der Waals surface area contributed by atoms with Crippen LogP contribution < -0.4 is 0 Å². The Kier molecular flexibility index (Phi) is 22.2. The van der Waals surface area contributed by atoms with E-state index >= 15 is 0 Å². The van der Waals surface area contributed by atoms with Crippen molar-refractivity contribution in [1.29, 1.82) is 0 Å². The van der Waals surface area contributed by atoms with Gasteiger partial charge in [0.2, 0.25) is 0 Å². The highest BCUT2D eigenvalue weighted by Crippen LogP contribution is 2.20. The lowest BCUT2D eigenvalue weighted by molar-refractivity contribution is 0.610. The van der Waals surface area contributed by atoms with E-state index in [0.717, 1.165) is 6.71 Å². The van der Waals surface area contributed by atoms with Crippen molar-refractivity contribution >= 4 is 6.71 Å². The van der Waals surface area contributed by atoms with Crippen LogP contribution in [0.3, 0.4) is 0 Å². The second-order valence-corrected chi connectivity index (χ2v) is 8.54. The van der Waals surface area contributed by atoms with E-state index in [9.17, 15) is 0 Å². The maximum Gasteiger partial charge on any atom is 0.139 e. The van der Waals surface area contributed by atoms with Crippen molar-refractivity contribution < 1.29 is 0 Å². The van der Waals surface area contributed by atoms with Crippen LogP contribution in [-0.2, 0) is 0 Å². The summed E-state index contributed by atoms with van der Waals surface area (Å²) in [6.45, 7) is 7.99. The molecule has 0 unspecified atom stereocenters. The second kappa shape index (κ2) is 22.1. The Balaban J connectivity index is 3.76. The van der Waals surface area contributed by atoms with Crippen LogP contribution in [0, 0.1) is 0 Å². The molecule has 0 aliphatic heterocycles. The summed E-state index contributed by atoms with van der Waals surface area (Å²) in [4.78, 5) is 0. The van der Waals surface area contributed by atoms with Crippen LogP contribution in [0.5, 0.6) is 0 Å². The van der Waals surface area contributed by atoms with Crippen LogP contribution in [0.25, 0.3) is 0 Å². The predicted octanol–water partition coefficient (Wildman–Crippen LogP) is 9.56. The van der Waals surface area contributed by atoms with Crippen molar-refractivity contribution in [3.05, 3.63) is 0 Å². The Labute approximate surface area is 162 Å². The predicted molar refractivity (Wildman–Crippen MR) is 120 cm³/mol. The van der Waals surface area contributed by atoms with Gasteiger partial charge in [0.15, 0.2) is 0 Å². The highest BCUT2D eigenvalue weighted by atomic mass is 14.0. The summed E-state index contributed by atoms with van der Waals surface area (Å²) in [5.74, 6) is 0. The van der Waals surface area contributed by atoms with Gasteiger partial charge in [0.05, 0.1) is 0 Å². The van der Waals surface area contributed by atoms with Crippen molar-refractivity contribution in [1.82, 2.24) is 0 Å². The monoisotopic (exact) mass is 350 g/mol. The standard InChI is InChI=1S/C24H51B/c1-4-7-10-13-16-19-22-25(23-20-17-14-11-8-5-2)24-21-18-15-12-9-6-3/h4-24H2,1-3H3. The highest BCUT2D eigenvalue weighted by Gasteiger charge is 2.12. The van der Waals surface area contributed by atoms with Crippen LogP contribution >= 0.6 is 0 Å². The molecule has 0 aromatic carbocycles. The van der Waals surface area contributed by atoms with Crippen LogP contribution in [0.2, 0.25) is 19.0 Å². The minimum Gasteiger partial charge on any atom is -0.0741 e. The normalized spacial score (nSPS) is 11.2. The zero-order valence-electron chi connectivity index (χ0n) is 18.4. The molecule has 0 aromatic heterocycles. The quantitative estimate of drug-likeness (QED) is 0.143. The first-order chi connectivity index (χ1) is 12.3. The van der Waals surface area contributed by atoms with Crippen molar-refractivity contribution in [2.24, 2.45) is 0 Å². The lowest BCUT2D eigenvalue weighted by Crippen LogP contribution is -2.12. The molecule has 0 nitrogen and oxygen atoms in total. The third kappa shape index (κ3) is 20.2. The Morgan fingerprint density at radius 1 is 0.320 bits per heavy atom. The van der Waals surface area contributed by atoms with Gasteiger partial charge in [-0.25, -0.2) is 0 Å². The second-order valence-electron chi connectivity index (χ2n) is 8.54. The molecule has 0 atom stereocenters. The van der Waals surface area contributed by atoms with E-state index in [1.807, 2.05) is 0 Å². The number of unbranched alkanes of at least 4 members (excludes halogenated alkanes) is 15. The molecule has 0 rings (SSSR count). The van der Waals surface area contributed by atoms with Gasteiger partial charge >= 0.3 is 0 Å². The van der Waals surface area contributed by atoms with E-state index in [4.69, 9.17) is 0 Å². The molecule has 150 valence electrons. The summed E-state index contributed by atoms with van der Waals surface area (Å²) in [5.41, 5.74) is 0. The Morgan fingerprint density at radius 2 is 0.560 bits per heavy atom. The summed E-state index contributed by atoms with van der Waals surface area (Å²) in [5, 5.41) is 0. The van der Waals surface area contributed by atoms with Crippen LogP contribution in [0.15, 0.2) is 0 Å². The molecule has 0 radical (unpaired) electrons. The van der Waals surface area contributed by atoms with Gasteiger partial charge in [-0.2, -0.15) is 0 Å². The number of hydrogen-bond donors (Lipinski definition) is 0. The summed E-state index contributed by atoms with van der Waals surface area (Å²) in [6, 6.07) is 0. The van der Waals surface area contributed by atoms with E-state index in [-0.39, 0.29) is 0 Å². The molecule has 0 aliphatic carbocycles. The maximum atomic E-state index is 2.32. The van der Waals surface area contributed by atoms with Crippen LogP contribution in [-0.4, -0.2) is 6.71 Å². The fourth-order valence-corrected chi connectivity index (χ4v) is 4.07. The van der Waals surface area contributed by atoms with Gasteiger partial charge in [0.25, 0.3) is 0 Å². The summed E-state index contributed by atoms with van der Waals surface area (Å²) in [7, 11) is 0. The van der Waals surface area contributed by atoms with E-state index in [0.29, 0.717) is 0 Å². The summed E-state index contributed by atoms with van der Waals surface area (Å²) in [6.07, 6.45) is 30.8. The van der Waals surface area contributed by atoms with Gasteiger partial charge in [-0.1, -0.05) is 155 Å². The lowest BCUT2D eigenvalue weighted by atomic mass is 9.41. The van der Waals surface area contributed by atoms with Gasteiger partial charge in [-0.05, 0) is 0 Å². The largest absolute Gasteiger partial charge is 0.139 e. The molecule has 0 aromatic rings. The van der Waals surface area contributed by atoms with Crippen molar-refractivity contribution in [2.45, 2.75) is 155 Å². The molecule has 0 bridgehead atoms. The molecule has 25 heavy (non-hydrogen) atoms. The molecule has 0 fully saturated rings. The molecular formula is C24H51B.